The van der Waals surface area contributed by atoms with E-state index in [4.69, 9.17) is 23.2 Å². The lowest BCUT2D eigenvalue weighted by Crippen LogP contribution is -2.51. The number of benzene rings is 1. The molecule has 1 atom stereocenters. The number of likely N-dealkylation sites (tertiary alicyclic amines) is 1. The number of piperidine rings is 1. The van der Waals surface area contributed by atoms with E-state index < -0.39 is 29.7 Å². The second-order valence-corrected chi connectivity index (χ2v) is 9.87. The van der Waals surface area contributed by atoms with E-state index in [0.29, 0.717) is 47.1 Å². The standard InChI is InChI=1S/C25H26Cl2N4O5S/c1-37-19-4-2-15(21(26)22(19)27)3-5-20(32)31-12-8-17(9-13-31)24(34)30-18(25(35)36)14-29-23(33)16-6-10-28-11-7-16/h2-7,10-11,17-18H,8-9,12-14H2,1H3,(H,29,33)(H,30,34)(H,35,36). The molecule has 2 aromatic rings. The zero-order valence-corrected chi connectivity index (χ0v) is 22.3. The number of thioether (sulfide) groups is 1. The molecule has 1 saturated heterocycles. The summed E-state index contributed by atoms with van der Waals surface area (Å²) in [5, 5.41) is 15.3. The Morgan fingerprint density at radius 3 is 2.43 bits per heavy atom. The van der Waals surface area contributed by atoms with Gasteiger partial charge in [0.2, 0.25) is 11.8 Å². The van der Waals surface area contributed by atoms with Gasteiger partial charge in [-0.3, -0.25) is 19.4 Å². The molecule has 1 fully saturated rings. The maximum atomic E-state index is 12.7. The fraction of sp³-hybridized carbons (Fsp3) is 0.320. The van der Waals surface area contributed by atoms with Gasteiger partial charge < -0.3 is 20.6 Å². The van der Waals surface area contributed by atoms with Crippen molar-refractivity contribution in [2.75, 3.05) is 25.9 Å². The first kappa shape index (κ1) is 28.5. The highest BCUT2D eigenvalue weighted by Crippen LogP contribution is 2.35. The molecule has 1 unspecified atom stereocenters. The van der Waals surface area contributed by atoms with Gasteiger partial charge >= 0.3 is 5.97 Å². The molecule has 0 aliphatic carbocycles. The van der Waals surface area contributed by atoms with Crippen molar-refractivity contribution in [1.29, 1.82) is 0 Å². The Bertz CT molecular complexity index is 1190. The Kier molecular flexibility index (Phi) is 10.4. The molecule has 2 heterocycles. The molecule has 0 saturated carbocycles. The molecule has 196 valence electrons. The van der Waals surface area contributed by atoms with E-state index >= 15 is 0 Å². The van der Waals surface area contributed by atoms with Crippen LogP contribution in [0, 0.1) is 5.92 Å². The Morgan fingerprint density at radius 1 is 1.14 bits per heavy atom. The van der Waals surface area contributed by atoms with Gasteiger partial charge in [-0.15, -0.1) is 11.8 Å². The Labute approximate surface area is 228 Å². The Balaban J connectivity index is 1.50. The monoisotopic (exact) mass is 564 g/mol. The van der Waals surface area contributed by atoms with Crippen molar-refractivity contribution >= 4 is 64.7 Å². The summed E-state index contributed by atoms with van der Waals surface area (Å²) in [5.74, 6) is -2.82. The zero-order chi connectivity index (χ0) is 26.9. The number of hydrogen-bond donors (Lipinski definition) is 3. The number of nitrogens with zero attached hydrogens (tertiary/aromatic N) is 2. The minimum absolute atomic E-state index is 0.220. The molecule has 0 bridgehead atoms. The van der Waals surface area contributed by atoms with Crippen LogP contribution >= 0.6 is 35.0 Å². The summed E-state index contributed by atoms with van der Waals surface area (Å²) in [5.41, 5.74) is 0.960. The number of aromatic nitrogens is 1. The largest absolute Gasteiger partial charge is 0.480 e. The number of nitrogens with one attached hydrogen (secondary N) is 2. The maximum Gasteiger partial charge on any atom is 0.328 e. The first-order valence-corrected chi connectivity index (χ1v) is 13.4. The molecule has 12 heteroatoms. The number of carbonyl (C=O) groups is 4. The molecule has 9 nitrogen and oxygen atoms in total. The molecule has 3 amide bonds. The molecule has 1 aliphatic rings. The van der Waals surface area contributed by atoms with Gasteiger partial charge in [-0.25, -0.2) is 4.79 Å². The predicted octanol–water partition coefficient (Wildman–Crippen LogP) is 3.36. The topological polar surface area (TPSA) is 129 Å². The van der Waals surface area contributed by atoms with Gasteiger partial charge in [0.1, 0.15) is 6.04 Å². The quantitative estimate of drug-likeness (QED) is 0.314. The molecule has 3 rings (SSSR count). The van der Waals surface area contributed by atoms with E-state index in [9.17, 15) is 24.3 Å². The van der Waals surface area contributed by atoms with Crippen molar-refractivity contribution in [2.24, 2.45) is 5.92 Å². The third-order valence-electron chi connectivity index (χ3n) is 5.90. The first-order valence-electron chi connectivity index (χ1n) is 11.4. The molecular weight excluding hydrogens is 539 g/mol. The van der Waals surface area contributed by atoms with E-state index in [0.717, 1.165) is 4.90 Å². The number of carbonyl (C=O) groups excluding carboxylic acids is 3. The number of carboxylic acid groups (broad SMARTS) is 1. The van der Waals surface area contributed by atoms with Gasteiger partial charge in [-0.1, -0.05) is 29.3 Å². The first-order chi connectivity index (χ1) is 17.7. The average Bonchev–Trinajstić information content (AvgIpc) is 2.91. The van der Waals surface area contributed by atoms with Gasteiger partial charge in [0.05, 0.1) is 10.0 Å². The highest BCUT2D eigenvalue weighted by Gasteiger charge is 2.30. The van der Waals surface area contributed by atoms with Crippen LogP contribution in [0.1, 0.15) is 28.8 Å². The van der Waals surface area contributed by atoms with E-state index in [1.54, 1.807) is 17.0 Å². The third-order valence-corrected chi connectivity index (χ3v) is 7.69. The zero-order valence-electron chi connectivity index (χ0n) is 19.9. The van der Waals surface area contributed by atoms with E-state index in [-0.39, 0.29) is 12.5 Å². The van der Waals surface area contributed by atoms with Gasteiger partial charge in [0.25, 0.3) is 5.91 Å². The number of hydrogen-bond acceptors (Lipinski definition) is 6. The fourth-order valence-electron chi connectivity index (χ4n) is 3.75. The minimum atomic E-state index is -1.28. The Hall–Kier alpha value is -3.08. The van der Waals surface area contributed by atoms with Gasteiger partial charge in [0.15, 0.2) is 0 Å². The van der Waals surface area contributed by atoms with Crippen LogP contribution in [0.3, 0.4) is 0 Å². The van der Waals surface area contributed by atoms with Crippen LogP contribution in [0.25, 0.3) is 6.08 Å². The fourth-order valence-corrected chi connectivity index (χ4v) is 4.92. The summed E-state index contributed by atoms with van der Waals surface area (Å²) in [6, 6.07) is 5.34. The highest BCUT2D eigenvalue weighted by molar-refractivity contribution is 7.98. The maximum absolute atomic E-state index is 12.7. The summed E-state index contributed by atoms with van der Waals surface area (Å²) < 4.78 is 0. The summed E-state index contributed by atoms with van der Waals surface area (Å²) >= 11 is 14.0. The van der Waals surface area contributed by atoms with Crippen LogP contribution in [0.5, 0.6) is 0 Å². The van der Waals surface area contributed by atoms with Crippen LogP contribution in [0.2, 0.25) is 10.0 Å². The second-order valence-electron chi connectivity index (χ2n) is 8.26. The average molecular weight is 565 g/mol. The summed E-state index contributed by atoms with van der Waals surface area (Å²) in [6.45, 7) is 0.421. The number of aliphatic carboxylic acids is 1. The van der Waals surface area contributed by atoms with E-state index in [1.807, 2.05) is 12.3 Å². The smallest absolute Gasteiger partial charge is 0.328 e. The van der Waals surface area contributed by atoms with Crippen LogP contribution in [0.4, 0.5) is 0 Å². The SMILES string of the molecule is CSc1ccc(C=CC(=O)N2CCC(C(=O)NC(CNC(=O)c3ccncc3)C(=O)O)CC2)c(Cl)c1Cl. The van der Waals surface area contributed by atoms with Gasteiger partial charge in [0, 0.05) is 54.5 Å². The summed E-state index contributed by atoms with van der Waals surface area (Å²) in [7, 11) is 0. The van der Waals surface area contributed by atoms with Crippen molar-refractivity contribution in [1.82, 2.24) is 20.5 Å². The van der Waals surface area contributed by atoms with Crippen LogP contribution in [0.15, 0.2) is 47.6 Å². The summed E-state index contributed by atoms with van der Waals surface area (Å²) in [6.07, 6.45) is 8.59. The normalized spacial score (nSPS) is 14.8. The lowest BCUT2D eigenvalue weighted by atomic mass is 9.95. The van der Waals surface area contributed by atoms with Crippen molar-refractivity contribution in [3.8, 4) is 0 Å². The van der Waals surface area contributed by atoms with E-state index in [2.05, 4.69) is 15.6 Å². The molecule has 3 N–H and O–H groups in total. The molecule has 1 aromatic carbocycles. The minimum Gasteiger partial charge on any atom is -0.480 e. The lowest BCUT2D eigenvalue weighted by Gasteiger charge is -2.31. The van der Waals surface area contributed by atoms with Gasteiger partial charge in [-0.05, 0) is 48.9 Å². The molecule has 37 heavy (non-hydrogen) atoms. The lowest BCUT2D eigenvalue weighted by molar-refractivity contribution is -0.142. The number of amides is 3. The molecule has 0 spiro atoms. The molecule has 1 aromatic heterocycles. The van der Waals surface area contributed by atoms with Crippen molar-refractivity contribution in [3.63, 3.8) is 0 Å². The number of carboxylic acids is 1. The van der Waals surface area contributed by atoms with Crippen LogP contribution < -0.4 is 10.6 Å². The number of halogens is 2. The van der Waals surface area contributed by atoms with Crippen molar-refractivity contribution in [2.45, 2.75) is 23.8 Å². The second kappa shape index (κ2) is 13.5. The van der Waals surface area contributed by atoms with E-state index in [1.165, 1.54) is 42.4 Å². The Morgan fingerprint density at radius 2 is 1.81 bits per heavy atom. The molecule has 1 aliphatic heterocycles. The van der Waals surface area contributed by atoms with Crippen molar-refractivity contribution in [3.05, 3.63) is 63.9 Å². The van der Waals surface area contributed by atoms with Crippen LogP contribution in [-0.4, -0.2) is 70.6 Å². The number of rotatable bonds is 9. The molecular formula is C25H26Cl2N4O5S. The molecule has 0 radical (unpaired) electrons. The predicted molar refractivity (Wildman–Crippen MR) is 143 cm³/mol. The number of pyridine rings is 1. The van der Waals surface area contributed by atoms with Crippen LogP contribution in [-0.2, 0) is 14.4 Å². The highest BCUT2D eigenvalue weighted by atomic mass is 35.5. The van der Waals surface area contributed by atoms with Gasteiger partial charge in [-0.2, -0.15) is 0 Å². The third kappa shape index (κ3) is 7.70. The summed E-state index contributed by atoms with van der Waals surface area (Å²) in [4.78, 5) is 55.4. The van der Waals surface area contributed by atoms with Crippen molar-refractivity contribution < 1.29 is 24.3 Å².